The summed E-state index contributed by atoms with van der Waals surface area (Å²) in [6.45, 7) is 10.8. The molecule has 2 heterocycles. The number of hydrogen-bond donors (Lipinski definition) is 1. The maximum absolute atomic E-state index is 12.1. The first-order chi connectivity index (χ1) is 13.7. The number of nitrogens with zero attached hydrogens (tertiary/aromatic N) is 4. The summed E-state index contributed by atoms with van der Waals surface area (Å²) in [6.07, 6.45) is 4.02. The Bertz CT molecular complexity index is 874. The molecule has 1 aromatic carbocycles. The number of amides is 1. The summed E-state index contributed by atoms with van der Waals surface area (Å²) in [5.41, 5.74) is 0.830. The van der Waals surface area contributed by atoms with Crippen molar-refractivity contribution in [2.75, 3.05) is 39.8 Å². The number of carbonyl (C=O) groups is 1. The fourth-order valence-corrected chi connectivity index (χ4v) is 3.71. The lowest BCUT2D eigenvalue weighted by Gasteiger charge is -2.34. The first kappa shape index (κ1) is 21.5. The van der Waals surface area contributed by atoms with Crippen molar-refractivity contribution in [1.82, 2.24) is 24.3 Å². The second kappa shape index (κ2) is 9.11. The van der Waals surface area contributed by atoms with Crippen LogP contribution in [-0.2, 0) is 11.5 Å². The summed E-state index contributed by atoms with van der Waals surface area (Å²) in [6, 6.07) is 7.87. The quantitative estimate of drug-likeness (QED) is 0.732. The highest BCUT2D eigenvalue weighted by Crippen LogP contribution is 2.16. The van der Waals surface area contributed by atoms with Crippen LogP contribution in [0.3, 0.4) is 0 Å². The highest BCUT2D eigenvalue weighted by Gasteiger charge is 2.21. The van der Waals surface area contributed by atoms with Crippen molar-refractivity contribution in [1.29, 1.82) is 0 Å². The largest absolute Gasteiger partial charge is 0.497 e. The van der Waals surface area contributed by atoms with E-state index >= 15 is 0 Å². The monoisotopic (exact) mass is 417 g/mol. The van der Waals surface area contributed by atoms with Crippen LogP contribution >= 0.6 is 12.2 Å². The topological polar surface area (TPSA) is 54.7 Å². The molecule has 1 aliphatic rings. The molecule has 1 N–H and O–H groups in total. The minimum Gasteiger partial charge on any atom is -0.497 e. The van der Waals surface area contributed by atoms with Gasteiger partial charge >= 0.3 is 0 Å². The van der Waals surface area contributed by atoms with E-state index in [1.165, 1.54) is 0 Å². The van der Waals surface area contributed by atoms with E-state index in [1.807, 2.05) is 62.0 Å². The van der Waals surface area contributed by atoms with Crippen molar-refractivity contribution >= 4 is 18.1 Å². The SMILES string of the molecule is COc1ccc(-n2ccn(CN3CCN(CC(=O)NC(C)(C)C)CC3)c2=S)cc1. The molecule has 7 nitrogen and oxygen atoms in total. The Hall–Kier alpha value is -2.16. The Kier molecular flexibility index (Phi) is 6.77. The van der Waals surface area contributed by atoms with Gasteiger partial charge in [-0.1, -0.05) is 0 Å². The van der Waals surface area contributed by atoms with Gasteiger partial charge in [-0.3, -0.25) is 19.2 Å². The van der Waals surface area contributed by atoms with Gasteiger partial charge in [-0.2, -0.15) is 0 Å². The first-order valence-corrected chi connectivity index (χ1v) is 10.3. The van der Waals surface area contributed by atoms with Gasteiger partial charge in [0.05, 0.1) is 20.3 Å². The minimum absolute atomic E-state index is 0.0877. The molecule has 1 saturated heterocycles. The van der Waals surface area contributed by atoms with E-state index in [1.54, 1.807) is 7.11 Å². The van der Waals surface area contributed by atoms with Crippen LogP contribution in [0.5, 0.6) is 5.75 Å². The zero-order valence-electron chi connectivity index (χ0n) is 17.7. The smallest absolute Gasteiger partial charge is 0.234 e. The third-order valence-electron chi connectivity index (χ3n) is 4.90. The lowest BCUT2D eigenvalue weighted by Crippen LogP contribution is -2.51. The van der Waals surface area contributed by atoms with Crippen molar-refractivity contribution in [2.45, 2.75) is 33.0 Å². The molecule has 0 aliphatic carbocycles. The Morgan fingerprint density at radius 1 is 1.07 bits per heavy atom. The third kappa shape index (κ3) is 5.91. The van der Waals surface area contributed by atoms with E-state index in [0.717, 1.165) is 49.1 Å². The Morgan fingerprint density at radius 2 is 1.69 bits per heavy atom. The van der Waals surface area contributed by atoms with Crippen molar-refractivity contribution in [2.24, 2.45) is 0 Å². The number of aromatic nitrogens is 2. The molecule has 0 atom stereocenters. The average molecular weight is 418 g/mol. The molecule has 158 valence electrons. The molecule has 1 aliphatic heterocycles. The third-order valence-corrected chi connectivity index (χ3v) is 5.33. The molecule has 2 aromatic rings. The van der Waals surface area contributed by atoms with Gasteiger partial charge in [0.1, 0.15) is 5.75 Å². The second-order valence-corrected chi connectivity index (χ2v) is 8.82. The van der Waals surface area contributed by atoms with Crippen LogP contribution in [0.4, 0.5) is 0 Å². The van der Waals surface area contributed by atoms with Crippen LogP contribution in [0.25, 0.3) is 5.69 Å². The summed E-state index contributed by atoms with van der Waals surface area (Å²) >= 11 is 5.67. The van der Waals surface area contributed by atoms with Crippen LogP contribution in [-0.4, -0.2) is 70.2 Å². The maximum atomic E-state index is 12.1. The van der Waals surface area contributed by atoms with Crippen LogP contribution in [0.2, 0.25) is 0 Å². The van der Waals surface area contributed by atoms with Crippen LogP contribution in [0, 0.1) is 4.77 Å². The summed E-state index contributed by atoms with van der Waals surface area (Å²) < 4.78 is 10.1. The first-order valence-electron chi connectivity index (χ1n) is 9.93. The molecule has 3 rings (SSSR count). The standard InChI is InChI=1S/C21H31N5O2S/c1-21(2,3)22-19(27)15-23-9-11-24(12-10-23)16-25-13-14-26(20(25)29)17-5-7-18(28-4)8-6-17/h5-8,13-14H,9-12,15-16H2,1-4H3,(H,22,27). The summed E-state index contributed by atoms with van der Waals surface area (Å²) in [5, 5.41) is 3.03. The highest BCUT2D eigenvalue weighted by molar-refractivity contribution is 7.71. The van der Waals surface area contributed by atoms with Crippen LogP contribution in [0.1, 0.15) is 20.8 Å². The zero-order valence-corrected chi connectivity index (χ0v) is 18.5. The molecule has 0 radical (unpaired) electrons. The van der Waals surface area contributed by atoms with E-state index in [2.05, 4.69) is 19.7 Å². The zero-order chi connectivity index (χ0) is 21.0. The Balaban J connectivity index is 1.54. The fraction of sp³-hybridized carbons (Fsp3) is 0.524. The lowest BCUT2D eigenvalue weighted by molar-refractivity contribution is -0.124. The van der Waals surface area contributed by atoms with Gasteiger partial charge in [0, 0.05) is 49.8 Å². The van der Waals surface area contributed by atoms with Gasteiger partial charge in [-0.05, 0) is 57.3 Å². The van der Waals surface area contributed by atoms with Gasteiger partial charge in [0.15, 0.2) is 4.77 Å². The molecule has 1 amide bonds. The van der Waals surface area contributed by atoms with Gasteiger partial charge < -0.3 is 14.6 Å². The number of benzene rings is 1. The molecule has 0 bridgehead atoms. The number of hydrogen-bond acceptors (Lipinski definition) is 5. The highest BCUT2D eigenvalue weighted by atomic mass is 32.1. The molecule has 0 spiro atoms. The predicted octanol–water partition coefficient (Wildman–Crippen LogP) is 2.51. The Morgan fingerprint density at radius 3 is 2.28 bits per heavy atom. The van der Waals surface area contributed by atoms with Crippen LogP contribution in [0.15, 0.2) is 36.7 Å². The molecule has 1 fully saturated rings. The number of carbonyl (C=O) groups excluding carboxylic acids is 1. The minimum atomic E-state index is -0.188. The average Bonchev–Trinajstić information content (AvgIpc) is 3.02. The van der Waals surface area contributed by atoms with Crippen molar-refractivity contribution in [3.05, 3.63) is 41.4 Å². The van der Waals surface area contributed by atoms with E-state index in [0.29, 0.717) is 6.54 Å². The van der Waals surface area contributed by atoms with Gasteiger partial charge in [0.25, 0.3) is 0 Å². The van der Waals surface area contributed by atoms with E-state index < -0.39 is 0 Å². The maximum Gasteiger partial charge on any atom is 0.234 e. The number of nitrogens with one attached hydrogen (secondary N) is 1. The summed E-state index contributed by atoms with van der Waals surface area (Å²) in [7, 11) is 1.66. The number of rotatable bonds is 6. The van der Waals surface area contributed by atoms with E-state index in [9.17, 15) is 4.79 Å². The Labute approximate surface area is 177 Å². The predicted molar refractivity (Wildman–Crippen MR) is 117 cm³/mol. The van der Waals surface area contributed by atoms with Gasteiger partial charge in [-0.25, -0.2) is 0 Å². The van der Waals surface area contributed by atoms with Crippen molar-refractivity contribution in [3.63, 3.8) is 0 Å². The number of imidazole rings is 1. The normalized spacial score (nSPS) is 16.0. The number of ether oxygens (including phenoxy) is 1. The molecule has 29 heavy (non-hydrogen) atoms. The number of methoxy groups -OCH3 is 1. The van der Waals surface area contributed by atoms with Crippen LogP contribution < -0.4 is 10.1 Å². The van der Waals surface area contributed by atoms with Crippen molar-refractivity contribution in [3.8, 4) is 11.4 Å². The lowest BCUT2D eigenvalue weighted by atomic mass is 10.1. The van der Waals surface area contributed by atoms with E-state index in [4.69, 9.17) is 17.0 Å². The van der Waals surface area contributed by atoms with Gasteiger partial charge in [-0.15, -0.1) is 0 Å². The van der Waals surface area contributed by atoms with Crippen molar-refractivity contribution < 1.29 is 9.53 Å². The summed E-state index contributed by atoms with van der Waals surface area (Å²) in [4.78, 5) is 16.7. The second-order valence-electron chi connectivity index (χ2n) is 8.45. The van der Waals surface area contributed by atoms with E-state index in [-0.39, 0.29) is 11.4 Å². The molecule has 0 unspecified atom stereocenters. The molecular formula is C21H31N5O2S. The fourth-order valence-electron chi connectivity index (χ4n) is 3.43. The summed E-state index contributed by atoms with van der Waals surface area (Å²) in [5.74, 6) is 0.915. The molecular weight excluding hydrogens is 386 g/mol. The van der Waals surface area contributed by atoms with Gasteiger partial charge in [0.2, 0.25) is 5.91 Å². The molecule has 1 aromatic heterocycles. The molecule has 8 heteroatoms. The molecule has 0 saturated carbocycles. The number of piperazine rings is 1.